The van der Waals surface area contributed by atoms with Crippen LogP contribution in [0.1, 0.15) is 44.4 Å². The quantitative estimate of drug-likeness (QED) is 0.749. The molecular weight excluding hydrogens is 212 g/mol. The van der Waals surface area contributed by atoms with Gasteiger partial charge in [0.15, 0.2) is 0 Å². The summed E-state index contributed by atoms with van der Waals surface area (Å²) in [6.07, 6.45) is 0.365. The van der Waals surface area contributed by atoms with Crippen molar-refractivity contribution in [2.24, 2.45) is 0 Å². The molecule has 0 aromatic heterocycles. The maximum atomic E-state index is 11.4. The standard InChI is InChI=1S/C15H22O2/c1-6-17-14(16)10-12-7-8-13(9-11(12)2)15(3,4)5/h7-9H,6,10H2,1-5H3. The zero-order valence-corrected chi connectivity index (χ0v) is 11.5. The number of carbonyl (C=O) groups is 1. The number of esters is 1. The molecule has 0 aliphatic rings. The van der Waals surface area contributed by atoms with Gasteiger partial charge in [-0.1, -0.05) is 39.0 Å². The topological polar surface area (TPSA) is 26.3 Å². The molecule has 2 nitrogen and oxygen atoms in total. The van der Waals surface area contributed by atoms with E-state index in [0.29, 0.717) is 13.0 Å². The molecule has 0 fully saturated rings. The lowest BCUT2D eigenvalue weighted by Gasteiger charge is -2.20. The summed E-state index contributed by atoms with van der Waals surface area (Å²) in [4.78, 5) is 11.4. The lowest BCUT2D eigenvalue weighted by atomic mass is 9.85. The number of benzene rings is 1. The average Bonchev–Trinajstić information content (AvgIpc) is 2.20. The second-order valence-electron chi connectivity index (χ2n) is 5.37. The SMILES string of the molecule is CCOC(=O)Cc1ccc(C(C)(C)C)cc1C. The van der Waals surface area contributed by atoms with Crippen molar-refractivity contribution in [2.45, 2.75) is 46.5 Å². The Morgan fingerprint density at radius 1 is 1.29 bits per heavy atom. The van der Waals surface area contributed by atoms with Crippen LogP contribution in [0.4, 0.5) is 0 Å². The van der Waals surface area contributed by atoms with Gasteiger partial charge in [-0.25, -0.2) is 0 Å². The van der Waals surface area contributed by atoms with Crippen LogP contribution >= 0.6 is 0 Å². The third-order valence-corrected chi connectivity index (χ3v) is 2.85. The fourth-order valence-corrected chi connectivity index (χ4v) is 1.73. The number of aryl methyl sites for hydroxylation is 1. The van der Waals surface area contributed by atoms with Crippen molar-refractivity contribution >= 4 is 5.97 Å². The van der Waals surface area contributed by atoms with Crippen LogP contribution in [-0.4, -0.2) is 12.6 Å². The Labute approximate surface area is 104 Å². The van der Waals surface area contributed by atoms with E-state index in [1.165, 1.54) is 5.56 Å². The second-order valence-corrected chi connectivity index (χ2v) is 5.37. The van der Waals surface area contributed by atoms with Crippen LogP contribution in [0.15, 0.2) is 18.2 Å². The monoisotopic (exact) mass is 234 g/mol. The van der Waals surface area contributed by atoms with Crippen molar-refractivity contribution in [3.63, 3.8) is 0 Å². The van der Waals surface area contributed by atoms with Gasteiger partial charge in [-0.15, -0.1) is 0 Å². The molecule has 1 aromatic rings. The third kappa shape index (κ3) is 3.88. The van der Waals surface area contributed by atoms with E-state index in [1.54, 1.807) is 0 Å². The van der Waals surface area contributed by atoms with E-state index in [2.05, 4.69) is 32.9 Å². The van der Waals surface area contributed by atoms with Gasteiger partial charge in [0.2, 0.25) is 0 Å². The van der Waals surface area contributed by atoms with Gasteiger partial charge in [0.1, 0.15) is 0 Å². The molecule has 0 spiro atoms. The maximum absolute atomic E-state index is 11.4. The van der Waals surface area contributed by atoms with Crippen LogP contribution < -0.4 is 0 Å². The molecular formula is C15H22O2. The summed E-state index contributed by atoms with van der Waals surface area (Å²) in [5.41, 5.74) is 3.65. The van der Waals surface area contributed by atoms with Crippen LogP contribution in [0.3, 0.4) is 0 Å². The molecule has 0 aliphatic carbocycles. The van der Waals surface area contributed by atoms with E-state index in [1.807, 2.05) is 19.9 Å². The molecule has 0 atom stereocenters. The highest BCUT2D eigenvalue weighted by Crippen LogP contribution is 2.24. The molecule has 1 rings (SSSR count). The average molecular weight is 234 g/mol. The molecule has 0 unspecified atom stereocenters. The summed E-state index contributed by atoms with van der Waals surface area (Å²) < 4.78 is 4.96. The van der Waals surface area contributed by atoms with Gasteiger partial charge >= 0.3 is 5.97 Å². The highest BCUT2D eigenvalue weighted by Gasteiger charge is 2.15. The molecule has 1 aromatic carbocycles. The van der Waals surface area contributed by atoms with E-state index in [4.69, 9.17) is 4.74 Å². The minimum Gasteiger partial charge on any atom is -0.466 e. The second kappa shape index (κ2) is 5.35. The van der Waals surface area contributed by atoms with Gasteiger partial charge < -0.3 is 4.74 Å². The van der Waals surface area contributed by atoms with Gasteiger partial charge in [-0.3, -0.25) is 4.79 Å². The summed E-state index contributed by atoms with van der Waals surface area (Å²) in [6.45, 7) is 10.9. The zero-order chi connectivity index (χ0) is 13.1. The van der Waals surface area contributed by atoms with Crippen molar-refractivity contribution in [1.82, 2.24) is 0 Å². The van der Waals surface area contributed by atoms with Gasteiger partial charge in [-0.2, -0.15) is 0 Å². The predicted octanol–water partition coefficient (Wildman–Crippen LogP) is 3.40. The molecule has 0 saturated carbocycles. The first-order valence-electron chi connectivity index (χ1n) is 6.10. The summed E-state index contributed by atoms with van der Waals surface area (Å²) in [6, 6.07) is 6.29. The molecule has 94 valence electrons. The van der Waals surface area contributed by atoms with E-state index in [-0.39, 0.29) is 11.4 Å². The molecule has 0 saturated heterocycles. The smallest absolute Gasteiger partial charge is 0.310 e. The first kappa shape index (κ1) is 13.8. The first-order valence-corrected chi connectivity index (χ1v) is 6.10. The van der Waals surface area contributed by atoms with Crippen LogP contribution in [0.2, 0.25) is 0 Å². The first-order chi connectivity index (χ1) is 7.84. The lowest BCUT2D eigenvalue weighted by molar-refractivity contribution is -0.142. The molecule has 0 aliphatic heterocycles. The van der Waals surface area contributed by atoms with Crippen molar-refractivity contribution in [3.05, 3.63) is 34.9 Å². The van der Waals surface area contributed by atoms with E-state index in [0.717, 1.165) is 11.1 Å². The van der Waals surface area contributed by atoms with Gasteiger partial charge in [0.25, 0.3) is 0 Å². The Kier molecular flexibility index (Phi) is 4.33. The molecule has 0 bridgehead atoms. The van der Waals surface area contributed by atoms with E-state index < -0.39 is 0 Å². The molecule has 17 heavy (non-hydrogen) atoms. The summed E-state index contributed by atoms with van der Waals surface area (Å²) in [5.74, 6) is -0.154. The molecule has 2 heteroatoms. The van der Waals surface area contributed by atoms with Crippen molar-refractivity contribution in [1.29, 1.82) is 0 Å². The van der Waals surface area contributed by atoms with Crippen LogP contribution in [0.25, 0.3) is 0 Å². The van der Waals surface area contributed by atoms with Crippen LogP contribution in [0.5, 0.6) is 0 Å². The fourth-order valence-electron chi connectivity index (χ4n) is 1.73. The zero-order valence-electron chi connectivity index (χ0n) is 11.5. The van der Waals surface area contributed by atoms with Crippen LogP contribution in [0, 0.1) is 6.92 Å². The number of rotatable bonds is 3. The largest absolute Gasteiger partial charge is 0.466 e. The number of hydrogen-bond acceptors (Lipinski definition) is 2. The minimum absolute atomic E-state index is 0.146. The number of hydrogen-bond donors (Lipinski definition) is 0. The van der Waals surface area contributed by atoms with Gasteiger partial charge in [-0.05, 0) is 36.0 Å². The fraction of sp³-hybridized carbons (Fsp3) is 0.533. The normalized spacial score (nSPS) is 11.4. The Hall–Kier alpha value is -1.31. The highest BCUT2D eigenvalue weighted by molar-refractivity contribution is 5.73. The van der Waals surface area contributed by atoms with Crippen molar-refractivity contribution in [2.75, 3.05) is 6.61 Å². The minimum atomic E-state index is -0.154. The molecule has 0 radical (unpaired) electrons. The number of carbonyl (C=O) groups excluding carboxylic acids is 1. The van der Waals surface area contributed by atoms with Crippen molar-refractivity contribution in [3.8, 4) is 0 Å². The molecule has 0 amide bonds. The summed E-state index contributed by atoms with van der Waals surface area (Å²) >= 11 is 0. The van der Waals surface area contributed by atoms with Crippen LogP contribution in [-0.2, 0) is 21.4 Å². The highest BCUT2D eigenvalue weighted by atomic mass is 16.5. The lowest BCUT2D eigenvalue weighted by Crippen LogP contribution is -2.13. The van der Waals surface area contributed by atoms with Gasteiger partial charge in [0, 0.05) is 0 Å². The predicted molar refractivity (Wildman–Crippen MR) is 70.2 cm³/mol. The Morgan fingerprint density at radius 3 is 2.41 bits per heavy atom. The van der Waals surface area contributed by atoms with Crippen molar-refractivity contribution < 1.29 is 9.53 Å². The molecule has 0 N–H and O–H groups in total. The summed E-state index contributed by atoms with van der Waals surface area (Å²) in [7, 11) is 0. The summed E-state index contributed by atoms with van der Waals surface area (Å²) in [5, 5.41) is 0. The Balaban J connectivity index is 2.87. The van der Waals surface area contributed by atoms with E-state index in [9.17, 15) is 4.79 Å². The Bertz CT molecular complexity index is 400. The Morgan fingerprint density at radius 2 is 1.94 bits per heavy atom. The number of ether oxygens (including phenoxy) is 1. The third-order valence-electron chi connectivity index (χ3n) is 2.85. The van der Waals surface area contributed by atoms with E-state index >= 15 is 0 Å². The molecule has 0 heterocycles. The maximum Gasteiger partial charge on any atom is 0.310 e. The van der Waals surface area contributed by atoms with Gasteiger partial charge in [0.05, 0.1) is 13.0 Å².